The second-order valence-corrected chi connectivity index (χ2v) is 0. The summed E-state index contributed by atoms with van der Waals surface area (Å²) in [6.07, 6.45) is 0. The Kier molecular flexibility index (Phi) is 258. The van der Waals surface area contributed by atoms with Crippen LogP contribution in [-0.4, -0.2) is 51.2 Å². The fourth-order valence-electron chi connectivity index (χ4n) is 0. The fraction of sp³-hybridized carbons (Fsp3) is 0. The Hall–Kier alpha value is 1.64. The van der Waals surface area contributed by atoms with Gasteiger partial charge < -0.3 is 11.0 Å². The van der Waals surface area contributed by atoms with Gasteiger partial charge in [-0.2, -0.15) is 0 Å². The molecule has 4 heteroatoms. The van der Waals surface area contributed by atoms with Crippen LogP contribution in [0.5, 0.6) is 0 Å². The van der Waals surface area contributed by atoms with E-state index in [9.17, 15) is 0 Å². The molecule has 0 saturated heterocycles. The third kappa shape index (κ3) is 9.43. The van der Waals surface area contributed by atoms with Crippen LogP contribution in [0.4, 0.5) is 0 Å². The van der Waals surface area contributed by atoms with Crippen LogP contribution in [0.25, 0.3) is 0 Å². The molecule has 0 aromatic carbocycles. The van der Waals surface area contributed by atoms with Gasteiger partial charge in [0.25, 0.3) is 0 Å². The van der Waals surface area contributed by atoms with Gasteiger partial charge in [-0.3, -0.25) is 0 Å². The molecule has 4 heavy (non-hydrogen) atoms. The van der Waals surface area contributed by atoms with Gasteiger partial charge in [0.15, 0.2) is 0 Å². The Balaban J connectivity index is 0. The van der Waals surface area contributed by atoms with Crippen LogP contribution in [-0.2, 0) is 11.0 Å². The van der Waals surface area contributed by atoms with Gasteiger partial charge in [-0.25, -0.2) is 0 Å². The van der Waals surface area contributed by atoms with Gasteiger partial charge >= 0.3 is 23.9 Å². The van der Waals surface area contributed by atoms with E-state index in [1.807, 2.05) is 0 Å². The molecule has 20 valence electrons. The number of hydrogen-bond donors (Lipinski definition) is 0. The minimum Gasteiger partial charge on any atom is -2.00 e. The summed E-state index contributed by atoms with van der Waals surface area (Å²) in [6, 6.07) is 0. The molecule has 4 radical (unpaired) electrons. The quantitative estimate of drug-likeness (QED) is 0.499. The van der Waals surface area contributed by atoms with E-state index in [2.05, 4.69) is 0 Å². The summed E-state index contributed by atoms with van der Waals surface area (Å²) in [4.78, 5) is 0. The SMILES string of the molecule is [O-2].[O-2].[Pb].[Sn+4]. The van der Waals surface area contributed by atoms with Gasteiger partial charge in [0, 0.05) is 27.3 Å². The second kappa shape index (κ2) is 22.8. The molecular formula is O2PbSn. The summed E-state index contributed by atoms with van der Waals surface area (Å²) in [6.45, 7) is 0. The average Bonchev–Trinajstić information content (AvgIpc) is 0. The standard InChI is InChI=1S/2O.Pb.Sn/q2*-2;;+4. The first-order valence-corrected chi connectivity index (χ1v) is 0. The van der Waals surface area contributed by atoms with Crippen LogP contribution >= 0.6 is 0 Å². The molecule has 2 nitrogen and oxygen atoms in total. The monoisotopic (exact) mass is 360 g/mol. The van der Waals surface area contributed by atoms with Crippen LogP contribution in [0.3, 0.4) is 0 Å². The molecule has 0 atom stereocenters. The minimum atomic E-state index is 0. The summed E-state index contributed by atoms with van der Waals surface area (Å²) in [5.74, 6) is 0. The van der Waals surface area contributed by atoms with Gasteiger partial charge in [-0.15, -0.1) is 0 Å². The van der Waals surface area contributed by atoms with E-state index in [0.29, 0.717) is 0 Å². The van der Waals surface area contributed by atoms with Crippen molar-refractivity contribution in [3.63, 3.8) is 0 Å². The summed E-state index contributed by atoms with van der Waals surface area (Å²) >= 11 is 0. The van der Waals surface area contributed by atoms with Gasteiger partial charge in [0.05, 0.1) is 0 Å². The first-order chi connectivity index (χ1) is 0. The zero-order chi connectivity index (χ0) is 0. The third-order valence-corrected chi connectivity index (χ3v) is 0. The topological polar surface area (TPSA) is 57.0 Å². The van der Waals surface area contributed by atoms with Gasteiger partial charge in [0.2, 0.25) is 0 Å². The Morgan fingerprint density at radius 2 is 0.750 bits per heavy atom. The van der Waals surface area contributed by atoms with Gasteiger partial charge in [-0.1, -0.05) is 0 Å². The Bertz CT molecular complexity index is 6.00. The molecule has 0 unspecified atom stereocenters. The van der Waals surface area contributed by atoms with Crippen LogP contribution in [0, 0.1) is 0 Å². The van der Waals surface area contributed by atoms with Crippen molar-refractivity contribution < 1.29 is 11.0 Å². The zero-order valence-electron chi connectivity index (χ0n) is 1.82. The van der Waals surface area contributed by atoms with E-state index >= 15 is 0 Å². The molecule has 0 saturated carbocycles. The molecular weight excluding hydrogens is 358 g/mol. The smallest absolute Gasteiger partial charge is 2.00 e. The van der Waals surface area contributed by atoms with Crippen LogP contribution < -0.4 is 0 Å². The minimum absolute atomic E-state index is 0. The molecule has 0 heterocycles. The zero-order valence-corrected chi connectivity index (χ0v) is 8.56. The van der Waals surface area contributed by atoms with Crippen LogP contribution in [0.15, 0.2) is 0 Å². The average molecular weight is 358 g/mol. The van der Waals surface area contributed by atoms with Crippen molar-refractivity contribution in [2.24, 2.45) is 0 Å². The third-order valence-electron chi connectivity index (χ3n) is 0. The summed E-state index contributed by atoms with van der Waals surface area (Å²) in [5, 5.41) is 0. The molecule has 0 aromatic rings. The Labute approximate surface area is 61.7 Å². The number of rotatable bonds is 0. The summed E-state index contributed by atoms with van der Waals surface area (Å²) in [5.41, 5.74) is 0. The van der Waals surface area contributed by atoms with Crippen LogP contribution in [0.1, 0.15) is 0 Å². The van der Waals surface area contributed by atoms with Crippen molar-refractivity contribution in [1.82, 2.24) is 0 Å². The van der Waals surface area contributed by atoms with Gasteiger partial charge in [0.1, 0.15) is 0 Å². The van der Waals surface area contributed by atoms with Crippen molar-refractivity contribution >= 4 is 51.2 Å². The van der Waals surface area contributed by atoms with Crippen molar-refractivity contribution in [2.75, 3.05) is 0 Å². The maximum absolute atomic E-state index is 0. The van der Waals surface area contributed by atoms with Crippen molar-refractivity contribution in [2.45, 2.75) is 0 Å². The normalized spacial score (nSPS) is 0. The molecule has 0 amide bonds. The van der Waals surface area contributed by atoms with E-state index < -0.39 is 0 Å². The molecule has 0 fully saturated rings. The molecule has 0 N–H and O–H groups in total. The second-order valence-electron chi connectivity index (χ2n) is 0. The maximum atomic E-state index is 0. The van der Waals surface area contributed by atoms with Crippen LogP contribution in [0.2, 0.25) is 0 Å². The molecule has 0 aliphatic rings. The largest absolute Gasteiger partial charge is 4.00 e. The van der Waals surface area contributed by atoms with E-state index in [1.165, 1.54) is 0 Å². The molecule has 0 aromatic heterocycles. The predicted octanol–water partition coefficient (Wildman–Crippen LogP) is -0.999. The molecule has 0 aliphatic heterocycles. The molecule has 0 aliphatic carbocycles. The first-order valence-electron chi connectivity index (χ1n) is 0. The summed E-state index contributed by atoms with van der Waals surface area (Å²) in [7, 11) is 0. The Morgan fingerprint density at radius 3 is 0.750 bits per heavy atom. The molecule has 0 spiro atoms. The molecule has 0 rings (SSSR count). The van der Waals surface area contributed by atoms with Crippen molar-refractivity contribution in [1.29, 1.82) is 0 Å². The molecule has 0 bridgehead atoms. The maximum Gasteiger partial charge on any atom is 4.00 e. The van der Waals surface area contributed by atoms with Crippen molar-refractivity contribution in [3.8, 4) is 0 Å². The number of hydrogen-bond acceptors (Lipinski definition) is 0. The van der Waals surface area contributed by atoms with E-state index in [4.69, 9.17) is 0 Å². The van der Waals surface area contributed by atoms with Gasteiger partial charge in [-0.05, 0) is 0 Å². The Morgan fingerprint density at radius 1 is 0.750 bits per heavy atom. The fourth-order valence-corrected chi connectivity index (χ4v) is 0. The first kappa shape index (κ1) is 45.1. The van der Waals surface area contributed by atoms with E-state index in [0.717, 1.165) is 0 Å². The van der Waals surface area contributed by atoms with E-state index in [-0.39, 0.29) is 62.2 Å². The predicted molar refractivity (Wildman–Crippen MR) is 12.9 cm³/mol. The summed E-state index contributed by atoms with van der Waals surface area (Å²) < 4.78 is 0. The van der Waals surface area contributed by atoms with E-state index in [1.54, 1.807) is 0 Å². The van der Waals surface area contributed by atoms with Crippen molar-refractivity contribution in [3.05, 3.63) is 0 Å².